The molecular formula is C51H29N5S. The van der Waals surface area contributed by atoms with Crippen molar-refractivity contribution in [3.8, 4) is 38.9 Å². The molecule has 0 N–H and O–H groups in total. The monoisotopic (exact) mass is 743 g/mol. The van der Waals surface area contributed by atoms with E-state index in [9.17, 15) is 0 Å². The summed E-state index contributed by atoms with van der Waals surface area (Å²) in [5, 5.41) is 9.46. The van der Waals surface area contributed by atoms with E-state index in [1.807, 2.05) is 0 Å². The van der Waals surface area contributed by atoms with Crippen LogP contribution in [0.5, 0.6) is 0 Å². The maximum absolute atomic E-state index is 5.38. The second kappa shape index (κ2) is 11.6. The molecule has 0 unspecified atom stereocenters. The van der Waals surface area contributed by atoms with E-state index in [1.54, 1.807) is 11.3 Å². The van der Waals surface area contributed by atoms with E-state index in [-0.39, 0.29) is 0 Å². The number of para-hydroxylation sites is 4. The van der Waals surface area contributed by atoms with Gasteiger partial charge in [0.15, 0.2) is 5.82 Å². The Balaban J connectivity index is 1.01. The van der Waals surface area contributed by atoms with Crippen LogP contribution in [0.3, 0.4) is 0 Å². The lowest BCUT2D eigenvalue weighted by molar-refractivity contribution is 1.08. The second-order valence-corrected chi connectivity index (χ2v) is 15.8. The second-order valence-electron chi connectivity index (χ2n) is 14.8. The molecule has 5 aromatic heterocycles. The molecule has 5 nitrogen and oxygen atoms in total. The van der Waals surface area contributed by atoms with Crippen LogP contribution in [-0.2, 0) is 0 Å². The summed E-state index contributed by atoms with van der Waals surface area (Å²) in [6.45, 7) is 0. The summed E-state index contributed by atoms with van der Waals surface area (Å²) in [5.41, 5.74) is 12.3. The molecule has 264 valence electrons. The van der Waals surface area contributed by atoms with Gasteiger partial charge in [-0.25, -0.2) is 15.0 Å². The zero-order valence-electron chi connectivity index (χ0n) is 30.4. The number of aromatic nitrogens is 5. The van der Waals surface area contributed by atoms with Crippen LogP contribution in [0, 0.1) is 0 Å². The fourth-order valence-electron chi connectivity index (χ4n) is 9.17. The van der Waals surface area contributed by atoms with Gasteiger partial charge in [0.1, 0.15) is 10.8 Å². The first-order chi connectivity index (χ1) is 28.3. The Morgan fingerprint density at radius 2 is 1.02 bits per heavy atom. The SMILES string of the molecule is c1ccc(-c2nc3cc4c5cc(-c6cccc(-c7nc(-n8c9ccccc9c9ccccc98)c8ccccc8n7)c6)ccc5n5c6ccccc6c(c3s2)c45)cc1. The van der Waals surface area contributed by atoms with Gasteiger partial charge in [-0.2, -0.15) is 0 Å². The maximum atomic E-state index is 5.38. The van der Waals surface area contributed by atoms with Crippen molar-refractivity contribution in [1.82, 2.24) is 23.9 Å². The molecule has 6 heteroatoms. The predicted molar refractivity (Wildman–Crippen MR) is 238 cm³/mol. The van der Waals surface area contributed by atoms with Gasteiger partial charge in [-0.05, 0) is 65.7 Å². The van der Waals surface area contributed by atoms with Crippen LogP contribution >= 0.6 is 11.3 Å². The third-order valence-corrected chi connectivity index (χ3v) is 12.8. The molecule has 57 heavy (non-hydrogen) atoms. The number of rotatable bonds is 4. The molecule has 13 rings (SSSR count). The largest absolute Gasteiger partial charge is 0.308 e. The Bertz CT molecular complexity index is 3710. The van der Waals surface area contributed by atoms with Gasteiger partial charge in [-0.15, -0.1) is 11.3 Å². The number of thiazole rings is 1. The highest BCUT2D eigenvalue weighted by Gasteiger charge is 2.23. The molecule has 0 radical (unpaired) electrons. The van der Waals surface area contributed by atoms with Crippen LogP contribution in [0.25, 0.3) is 120 Å². The Kier molecular flexibility index (Phi) is 6.26. The molecular weight excluding hydrogens is 715 g/mol. The highest BCUT2D eigenvalue weighted by Crippen LogP contribution is 2.46. The molecule has 0 atom stereocenters. The number of fused-ring (bicyclic) bond motifs is 12. The highest BCUT2D eigenvalue weighted by atomic mass is 32.1. The third-order valence-electron chi connectivity index (χ3n) is 11.7. The molecule has 0 amide bonds. The quantitative estimate of drug-likeness (QED) is 0.180. The van der Waals surface area contributed by atoms with Gasteiger partial charge in [0.05, 0.1) is 43.3 Å². The predicted octanol–water partition coefficient (Wildman–Crippen LogP) is 13.5. The van der Waals surface area contributed by atoms with Gasteiger partial charge >= 0.3 is 0 Å². The van der Waals surface area contributed by atoms with Gasteiger partial charge in [0.25, 0.3) is 0 Å². The minimum Gasteiger partial charge on any atom is -0.308 e. The molecule has 0 spiro atoms. The van der Waals surface area contributed by atoms with Gasteiger partial charge in [0.2, 0.25) is 0 Å². The van der Waals surface area contributed by atoms with Crippen molar-refractivity contribution in [1.29, 1.82) is 0 Å². The summed E-state index contributed by atoms with van der Waals surface area (Å²) in [6.07, 6.45) is 0. The van der Waals surface area contributed by atoms with Gasteiger partial charge < -0.3 is 4.40 Å². The minimum atomic E-state index is 0.695. The maximum Gasteiger partial charge on any atom is 0.162 e. The first-order valence-corrected chi connectivity index (χ1v) is 20.0. The van der Waals surface area contributed by atoms with Crippen molar-refractivity contribution in [2.24, 2.45) is 0 Å². The Labute approximate surface area is 329 Å². The Hall–Kier alpha value is -7.41. The molecule has 0 saturated heterocycles. The van der Waals surface area contributed by atoms with Gasteiger partial charge in [0, 0.05) is 48.8 Å². The molecule has 0 bridgehead atoms. The Morgan fingerprint density at radius 3 is 1.82 bits per heavy atom. The average Bonchev–Trinajstić information content (AvgIpc) is 4.03. The van der Waals surface area contributed by atoms with Gasteiger partial charge in [-0.1, -0.05) is 121 Å². The number of nitrogens with zero attached hydrogens (tertiary/aromatic N) is 5. The van der Waals surface area contributed by atoms with Crippen molar-refractivity contribution in [2.45, 2.75) is 0 Å². The Morgan fingerprint density at radius 1 is 0.386 bits per heavy atom. The van der Waals surface area contributed by atoms with E-state index in [2.05, 4.69) is 185 Å². The summed E-state index contributed by atoms with van der Waals surface area (Å²) >= 11 is 1.79. The smallest absolute Gasteiger partial charge is 0.162 e. The van der Waals surface area contributed by atoms with E-state index < -0.39 is 0 Å². The van der Waals surface area contributed by atoms with Crippen LogP contribution in [0.2, 0.25) is 0 Å². The highest BCUT2D eigenvalue weighted by molar-refractivity contribution is 7.22. The lowest BCUT2D eigenvalue weighted by Crippen LogP contribution is -2.02. The van der Waals surface area contributed by atoms with E-state index in [0.717, 1.165) is 60.5 Å². The van der Waals surface area contributed by atoms with Crippen molar-refractivity contribution in [3.63, 3.8) is 0 Å². The lowest BCUT2D eigenvalue weighted by atomic mass is 10.00. The summed E-state index contributed by atoms with van der Waals surface area (Å²) in [6, 6.07) is 62.7. The average molecular weight is 744 g/mol. The standard InChI is InChI=1S/C51H29N5S/c1-2-13-30(14-3-1)51-53-41-29-39-38-28-32(25-26-45(38)55-44-24-11-7-20-37(44)46(47(39)55)48(41)57-51)31-15-12-16-33(27-31)49-52-40-21-8-4-19-36(40)50(54-49)56-42-22-9-5-17-34(42)35-18-6-10-23-43(35)56/h1-29H. The zero-order chi connectivity index (χ0) is 37.2. The number of hydrogen-bond donors (Lipinski definition) is 0. The molecule has 0 aliphatic rings. The lowest BCUT2D eigenvalue weighted by Gasteiger charge is -2.13. The molecule has 0 saturated carbocycles. The van der Waals surface area contributed by atoms with Crippen LogP contribution in [0.1, 0.15) is 0 Å². The van der Waals surface area contributed by atoms with Crippen LogP contribution in [0.4, 0.5) is 0 Å². The van der Waals surface area contributed by atoms with Crippen molar-refractivity contribution in [2.75, 3.05) is 0 Å². The first kappa shape index (κ1) is 30.9. The minimum absolute atomic E-state index is 0.695. The van der Waals surface area contributed by atoms with E-state index in [0.29, 0.717) is 5.82 Å². The van der Waals surface area contributed by atoms with Crippen LogP contribution in [0.15, 0.2) is 176 Å². The van der Waals surface area contributed by atoms with Crippen molar-refractivity contribution < 1.29 is 0 Å². The summed E-state index contributed by atoms with van der Waals surface area (Å²) in [7, 11) is 0. The molecule has 8 aromatic carbocycles. The normalized spacial score (nSPS) is 12.2. The molecule has 13 aromatic rings. The zero-order valence-corrected chi connectivity index (χ0v) is 31.2. The summed E-state index contributed by atoms with van der Waals surface area (Å²) in [4.78, 5) is 15.8. The number of benzene rings is 8. The van der Waals surface area contributed by atoms with Crippen LogP contribution in [-0.4, -0.2) is 23.9 Å². The first-order valence-electron chi connectivity index (χ1n) is 19.2. The van der Waals surface area contributed by atoms with Crippen LogP contribution < -0.4 is 0 Å². The molecule has 5 heterocycles. The molecule has 0 aliphatic heterocycles. The fourth-order valence-corrected chi connectivity index (χ4v) is 10.3. The van der Waals surface area contributed by atoms with E-state index in [1.165, 1.54) is 53.6 Å². The molecule has 0 fully saturated rings. The van der Waals surface area contributed by atoms with Crippen molar-refractivity contribution >= 4 is 92.4 Å². The summed E-state index contributed by atoms with van der Waals surface area (Å²) < 4.78 is 5.99. The van der Waals surface area contributed by atoms with E-state index in [4.69, 9.17) is 15.0 Å². The molecule has 0 aliphatic carbocycles. The fraction of sp³-hybridized carbons (Fsp3) is 0. The number of hydrogen-bond acceptors (Lipinski definition) is 4. The third kappa shape index (κ3) is 4.36. The topological polar surface area (TPSA) is 48.0 Å². The summed E-state index contributed by atoms with van der Waals surface area (Å²) in [5.74, 6) is 1.57. The van der Waals surface area contributed by atoms with E-state index >= 15 is 0 Å². The van der Waals surface area contributed by atoms with Crippen molar-refractivity contribution in [3.05, 3.63) is 176 Å². The van der Waals surface area contributed by atoms with Gasteiger partial charge in [-0.3, -0.25) is 4.57 Å².